The van der Waals surface area contributed by atoms with Crippen LogP contribution in [-0.4, -0.2) is 36.4 Å². The fourth-order valence-electron chi connectivity index (χ4n) is 3.98. The summed E-state index contributed by atoms with van der Waals surface area (Å²) < 4.78 is 27.6. The lowest BCUT2D eigenvalue weighted by atomic mass is 9.91. The zero-order chi connectivity index (χ0) is 23.2. The third kappa shape index (κ3) is 5.01. The van der Waals surface area contributed by atoms with E-state index in [0.29, 0.717) is 11.7 Å². The molecule has 9 heteroatoms. The average Bonchev–Trinajstić information content (AvgIpc) is 2.92. The van der Waals surface area contributed by atoms with Gasteiger partial charge in [-0.25, -0.2) is 14.7 Å². The van der Waals surface area contributed by atoms with Crippen LogP contribution < -0.4 is 9.62 Å². The molecular weight excluding hydrogens is 436 g/mol. The van der Waals surface area contributed by atoms with Gasteiger partial charge in [-0.1, -0.05) is 45.4 Å². The number of amides is 1. The second-order valence-electron chi connectivity index (χ2n) is 9.78. The number of aromatic nitrogens is 2. The van der Waals surface area contributed by atoms with Crippen LogP contribution in [0.3, 0.4) is 0 Å². The number of pyridine rings is 2. The standard InChI is InChI=1S/C22H29ClN4O3S/c1-14-12-22(5,6)27(13-14)19-15(10-11-16(24-19)21(2,3)4)20(28)26-31(29,30)18-9-7-8-17(23)25-18/h7-11,14H,12-13H2,1-6H3,(H,26,28). The van der Waals surface area contributed by atoms with E-state index < -0.39 is 15.9 Å². The normalized spacial score (nSPS) is 18.8. The predicted octanol–water partition coefficient (Wildman–Crippen LogP) is 4.17. The molecule has 2 aromatic rings. The maximum Gasteiger partial charge on any atom is 0.281 e. The van der Waals surface area contributed by atoms with Crippen LogP contribution in [0.4, 0.5) is 5.82 Å². The number of hydrogen-bond acceptors (Lipinski definition) is 6. The van der Waals surface area contributed by atoms with Crippen molar-refractivity contribution in [2.75, 3.05) is 11.4 Å². The van der Waals surface area contributed by atoms with Gasteiger partial charge >= 0.3 is 0 Å². The summed E-state index contributed by atoms with van der Waals surface area (Å²) in [6, 6.07) is 7.64. The monoisotopic (exact) mass is 464 g/mol. The van der Waals surface area contributed by atoms with E-state index in [1.54, 1.807) is 12.1 Å². The van der Waals surface area contributed by atoms with E-state index in [1.807, 2.05) is 20.8 Å². The van der Waals surface area contributed by atoms with Gasteiger partial charge in [-0.2, -0.15) is 8.42 Å². The summed E-state index contributed by atoms with van der Waals surface area (Å²) in [6.07, 6.45) is 0.945. The molecule has 1 amide bonds. The van der Waals surface area contributed by atoms with Crippen molar-refractivity contribution in [3.8, 4) is 0 Å². The average molecular weight is 465 g/mol. The molecule has 0 spiro atoms. The van der Waals surface area contributed by atoms with Crippen molar-refractivity contribution < 1.29 is 13.2 Å². The molecule has 7 nitrogen and oxygen atoms in total. The van der Waals surface area contributed by atoms with Crippen molar-refractivity contribution >= 4 is 33.3 Å². The zero-order valence-electron chi connectivity index (χ0n) is 18.7. The Morgan fingerprint density at radius 3 is 2.42 bits per heavy atom. The molecule has 3 heterocycles. The Hall–Kier alpha value is -2.19. The van der Waals surface area contributed by atoms with Gasteiger partial charge in [0, 0.05) is 23.2 Å². The Bertz CT molecular complexity index is 1110. The van der Waals surface area contributed by atoms with Crippen molar-refractivity contribution in [3.05, 3.63) is 46.7 Å². The molecule has 1 atom stereocenters. The van der Waals surface area contributed by atoms with Crippen LogP contribution >= 0.6 is 11.6 Å². The van der Waals surface area contributed by atoms with Gasteiger partial charge in [0.05, 0.1) is 5.56 Å². The molecule has 3 rings (SSSR count). The van der Waals surface area contributed by atoms with E-state index in [1.165, 1.54) is 18.2 Å². The van der Waals surface area contributed by atoms with Crippen LogP contribution in [0.2, 0.25) is 5.15 Å². The molecule has 1 fully saturated rings. The lowest BCUT2D eigenvalue weighted by Crippen LogP contribution is -2.41. The minimum Gasteiger partial charge on any atom is -0.351 e. The summed E-state index contributed by atoms with van der Waals surface area (Å²) in [5, 5.41) is -0.288. The molecule has 0 saturated carbocycles. The largest absolute Gasteiger partial charge is 0.351 e. The molecule has 1 unspecified atom stereocenters. The molecule has 2 aromatic heterocycles. The number of hydrogen-bond donors (Lipinski definition) is 1. The van der Waals surface area contributed by atoms with Gasteiger partial charge in [-0.05, 0) is 50.5 Å². The van der Waals surface area contributed by atoms with Crippen LogP contribution in [0, 0.1) is 5.92 Å². The molecule has 0 aliphatic carbocycles. The van der Waals surface area contributed by atoms with E-state index in [4.69, 9.17) is 16.6 Å². The quantitative estimate of drug-likeness (QED) is 0.682. The SMILES string of the molecule is CC1CN(c2nc(C(C)(C)C)ccc2C(=O)NS(=O)(=O)c2cccc(Cl)n2)C(C)(C)C1. The summed E-state index contributed by atoms with van der Waals surface area (Å²) >= 11 is 5.82. The first-order valence-electron chi connectivity index (χ1n) is 10.2. The fraction of sp³-hybridized carbons (Fsp3) is 0.500. The number of halogens is 1. The van der Waals surface area contributed by atoms with Crippen LogP contribution in [0.25, 0.3) is 0 Å². The molecule has 168 valence electrons. The highest BCUT2D eigenvalue weighted by molar-refractivity contribution is 7.90. The second-order valence-corrected chi connectivity index (χ2v) is 11.8. The van der Waals surface area contributed by atoms with E-state index in [9.17, 15) is 13.2 Å². The summed E-state index contributed by atoms with van der Waals surface area (Å²) in [5.74, 6) is 0.166. The van der Waals surface area contributed by atoms with Gasteiger partial charge in [0.1, 0.15) is 11.0 Å². The maximum atomic E-state index is 13.1. The van der Waals surface area contributed by atoms with Gasteiger partial charge in [-0.15, -0.1) is 0 Å². The van der Waals surface area contributed by atoms with Gasteiger partial charge in [-0.3, -0.25) is 4.79 Å². The highest BCUT2D eigenvalue weighted by atomic mass is 35.5. The number of anilines is 1. The molecule has 1 aliphatic rings. The number of nitrogens with one attached hydrogen (secondary N) is 1. The van der Waals surface area contributed by atoms with E-state index in [-0.39, 0.29) is 26.7 Å². The van der Waals surface area contributed by atoms with E-state index >= 15 is 0 Å². The van der Waals surface area contributed by atoms with Gasteiger partial charge < -0.3 is 4.90 Å². The van der Waals surface area contributed by atoms with Crippen LogP contribution in [0.1, 0.15) is 64.0 Å². The minimum atomic E-state index is -4.19. The molecular formula is C22H29ClN4O3S. The first kappa shape index (κ1) is 23.5. The summed E-state index contributed by atoms with van der Waals surface area (Å²) in [7, 11) is -4.19. The lowest BCUT2D eigenvalue weighted by molar-refractivity contribution is 0.0981. The summed E-state index contributed by atoms with van der Waals surface area (Å²) in [6.45, 7) is 13.2. The van der Waals surface area contributed by atoms with E-state index in [0.717, 1.165) is 18.7 Å². The molecule has 1 N–H and O–H groups in total. The third-order valence-electron chi connectivity index (χ3n) is 5.41. The molecule has 0 bridgehead atoms. The topological polar surface area (TPSA) is 92.3 Å². The first-order chi connectivity index (χ1) is 14.2. The molecule has 1 saturated heterocycles. The van der Waals surface area contributed by atoms with Crippen LogP contribution in [-0.2, 0) is 15.4 Å². The number of carbonyl (C=O) groups excluding carboxylic acids is 1. The van der Waals surface area contributed by atoms with Crippen molar-refractivity contribution in [1.82, 2.24) is 14.7 Å². The van der Waals surface area contributed by atoms with Crippen LogP contribution in [0.15, 0.2) is 35.4 Å². The Balaban J connectivity index is 2.05. The first-order valence-corrected chi connectivity index (χ1v) is 12.1. The number of carbonyl (C=O) groups is 1. The second kappa shape index (κ2) is 8.06. The highest BCUT2D eigenvalue weighted by Crippen LogP contribution is 2.38. The third-order valence-corrected chi connectivity index (χ3v) is 6.85. The Labute approximate surface area is 189 Å². The fourth-order valence-corrected chi connectivity index (χ4v) is 5.13. The lowest BCUT2D eigenvalue weighted by Gasteiger charge is -2.34. The Morgan fingerprint density at radius 2 is 1.87 bits per heavy atom. The zero-order valence-corrected chi connectivity index (χ0v) is 20.3. The molecule has 31 heavy (non-hydrogen) atoms. The summed E-state index contributed by atoms with van der Waals surface area (Å²) in [5.41, 5.74) is 0.594. The van der Waals surface area contributed by atoms with Crippen molar-refractivity contribution in [3.63, 3.8) is 0 Å². The van der Waals surface area contributed by atoms with Gasteiger partial charge in [0.25, 0.3) is 15.9 Å². The molecule has 1 aliphatic heterocycles. The van der Waals surface area contributed by atoms with Crippen LogP contribution in [0.5, 0.6) is 0 Å². The van der Waals surface area contributed by atoms with Crippen molar-refractivity contribution in [2.24, 2.45) is 5.92 Å². The Morgan fingerprint density at radius 1 is 1.19 bits per heavy atom. The highest BCUT2D eigenvalue weighted by Gasteiger charge is 2.39. The molecule has 0 radical (unpaired) electrons. The molecule has 0 aromatic carbocycles. The van der Waals surface area contributed by atoms with Gasteiger partial charge in [0.2, 0.25) is 0 Å². The summed E-state index contributed by atoms with van der Waals surface area (Å²) in [4.78, 5) is 23.9. The minimum absolute atomic E-state index is 0.0278. The van der Waals surface area contributed by atoms with Gasteiger partial charge in [0.15, 0.2) is 5.03 Å². The Kier molecular flexibility index (Phi) is 6.10. The van der Waals surface area contributed by atoms with E-state index in [2.05, 4.69) is 35.4 Å². The smallest absolute Gasteiger partial charge is 0.281 e. The van der Waals surface area contributed by atoms with Crippen molar-refractivity contribution in [2.45, 2.75) is 63.9 Å². The predicted molar refractivity (Wildman–Crippen MR) is 122 cm³/mol. The van der Waals surface area contributed by atoms with Crippen molar-refractivity contribution in [1.29, 1.82) is 0 Å². The number of rotatable bonds is 4. The number of nitrogens with zero attached hydrogens (tertiary/aromatic N) is 3. The maximum absolute atomic E-state index is 13.1. The number of sulfonamides is 1.